The lowest BCUT2D eigenvalue weighted by molar-refractivity contribution is 0.0954. The van der Waals surface area contributed by atoms with Gasteiger partial charge in [-0.2, -0.15) is 5.10 Å². The monoisotopic (exact) mass is 215 g/mol. The average Bonchev–Trinajstić information content (AvgIpc) is 3.09. The van der Waals surface area contributed by atoms with Crippen molar-refractivity contribution >= 4 is 16.8 Å². The van der Waals surface area contributed by atoms with Crippen molar-refractivity contribution < 1.29 is 4.79 Å². The Morgan fingerprint density at radius 1 is 1.44 bits per heavy atom. The van der Waals surface area contributed by atoms with Crippen LogP contribution in [0.1, 0.15) is 29.4 Å². The number of rotatable bonds is 2. The summed E-state index contributed by atoms with van der Waals surface area (Å²) in [6.45, 7) is 0. The second-order valence-corrected chi connectivity index (χ2v) is 4.12. The Morgan fingerprint density at radius 3 is 2.88 bits per heavy atom. The number of nitrogens with one attached hydrogen (secondary N) is 1. The highest BCUT2D eigenvalue weighted by Gasteiger charge is 2.30. The summed E-state index contributed by atoms with van der Waals surface area (Å²) in [5.41, 5.74) is 1.59. The molecular weight excluding hydrogens is 202 g/mol. The highest BCUT2D eigenvalue weighted by molar-refractivity contribution is 6.04. The number of hydrogen-bond acceptors (Lipinski definition) is 2. The molecule has 0 bridgehead atoms. The van der Waals surface area contributed by atoms with Crippen LogP contribution in [-0.2, 0) is 0 Å². The lowest BCUT2D eigenvalue weighted by Gasteiger charge is -2.04. The van der Waals surface area contributed by atoms with Gasteiger partial charge in [-0.15, -0.1) is 0 Å². The van der Waals surface area contributed by atoms with E-state index in [1.54, 1.807) is 7.05 Å². The third-order valence-corrected chi connectivity index (χ3v) is 2.94. The molecular formula is C12H13N3O. The van der Waals surface area contributed by atoms with Crippen molar-refractivity contribution in [1.29, 1.82) is 0 Å². The summed E-state index contributed by atoms with van der Waals surface area (Å²) in [7, 11) is 1.65. The Labute approximate surface area is 93.3 Å². The summed E-state index contributed by atoms with van der Waals surface area (Å²) in [6.07, 6.45) is 2.25. The molecule has 1 aromatic carbocycles. The Hall–Kier alpha value is -1.84. The van der Waals surface area contributed by atoms with Crippen molar-refractivity contribution in [3.8, 4) is 0 Å². The van der Waals surface area contributed by atoms with Gasteiger partial charge in [0, 0.05) is 12.4 Å². The van der Waals surface area contributed by atoms with Crippen LogP contribution in [-0.4, -0.2) is 22.7 Å². The Balaban J connectivity index is 2.27. The number of benzene rings is 1. The normalized spacial score (nSPS) is 15.3. The first-order valence-electron chi connectivity index (χ1n) is 5.50. The van der Waals surface area contributed by atoms with E-state index < -0.39 is 0 Å². The summed E-state index contributed by atoms with van der Waals surface area (Å²) in [5.74, 6) is -0.0550. The predicted octanol–water partition coefficient (Wildman–Crippen LogP) is 1.73. The van der Waals surface area contributed by atoms with Gasteiger partial charge in [0.1, 0.15) is 5.69 Å². The molecule has 2 aromatic rings. The second-order valence-electron chi connectivity index (χ2n) is 4.12. The standard InChI is InChI=1S/C12H13N3O/c1-13-12(16)11-9-4-2-3-5-10(9)14-15(11)8-6-7-8/h2-5,8H,6-7H2,1H3,(H,13,16). The molecule has 0 atom stereocenters. The Morgan fingerprint density at radius 2 is 2.19 bits per heavy atom. The van der Waals surface area contributed by atoms with Crippen LogP contribution < -0.4 is 5.32 Å². The van der Waals surface area contributed by atoms with Gasteiger partial charge in [0.05, 0.1) is 11.6 Å². The number of carbonyl (C=O) groups excluding carboxylic acids is 1. The first kappa shape index (κ1) is 9.39. The van der Waals surface area contributed by atoms with E-state index in [1.807, 2.05) is 28.9 Å². The fourth-order valence-electron chi connectivity index (χ4n) is 1.98. The van der Waals surface area contributed by atoms with Crippen molar-refractivity contribution in [2.24, 2.45) is 0 Å². The second kappa shape index (κ2) is 3.33. The molecule has 3 rings (SSSR count). The van der Waals surface area contributed by atoms with Gasteiger partial charge in [-0.05, 0) is 18.9 Å². The molecule has 1 aliphatic carbocycles. The highest BCUT2D eigenvalue weighted by Crippen LogP contribution is 2.37. The molecule has 1 amide bonds. The number of aromatic nitrogens is 2. The fraction of sp³-hybridized carbons (Fsp3) is 0.333. The van der Waals surface area contributed by atoms with E-state index in [1.165, 1.54) is 0 Å². The summed E-state index contributed by atoms with van der Waals surface area (Å²) in [6, 6.07) is 8.19. The number of carbonyl (C=O) groups is 1. The van der Waals surface area contributed by atoms with E-state index in [4.69, 9.17) is 0 Å². The van der Waals surface area contributed by atoms with E-state index in [2.05, 4.69) is 10.4 Å². The average molecular weight is 215 g/mol. The maximum absolute atomic E-state index is 11.9. The largest absolute Gasteiger partial charge is 0.354 e. The molecule has 1 aromatic heterocycles. The van der Waals surface area contributed by atoms with Crippen LogP contribution in [0.2, 0.25) is 0 Å². The third-order valence-electron chi connectivity index (χ3n) is 2.94. The molecule has 1 fully saturated rings. The zero-order valence-electron chi connectivity index (χ0n) is 9.10. The summed E-state index contributed by atoms with van der Waals surface area (Å²) < 4.78 is 1.88. The quantitative estimate of drug-likeness (QED) is 0.829. The topological polar surface area (TPSA) is 46.9 Å². The number of fused-ring (bicyclic) bond motifs is 1. The lowest BCUT2D eigenvalue weighted by Crippen LogP contribution is -2.22. The molecule has 1 aliphatic rings. The SMILES string of the molecule is CNC(=O)c1c2ccccc2nn1C1CC1. The Kier molecular flexibility index (Phi) is 1.96. The summed E-state index contributed by atoms with van der Waals surface area (Å²) in [5, 5.41) is 8.12. The van der Waals surface area contributed by atoms with Gasteiger partial charge in [0.15, 0.2) is 0 Å². The number of hydrogen-bond donors (Lipinski definition) is 1. The van der Waals surface area contributed by atoms with Crippen LogP contribution in [0, 0.1) is 0 Å². The molecule has 82 valence electrons. The van der Waals surface area contributed by atoms with Gasteiger partial charge in [0.25, 0.3) is 5.91 Å². The highest BCUT2D eigenvalue weighted by atomic mass is 16.1. The minimum atomic E-state index is -0.0550. The van der Waals surface area contributed by atoms with E-state index in [0.29, 0.717) is 11.7 Å². The van der Waals surface area contributed by atoms with Gasteiger partial charge < -0.3 is 5.32 Å². The molecule has 0 spiro atoms. The first-order chi connectivity index (χ1) is 7.81. The molecule has 1 N–H and O–H groups in total. The molecule has 16 heavy (non-hydrogen) atoms. The van der Waals surface area contributed by atoms with E-state index in [-0.39, 0.29) is 5.91 Å². The minimum Gasteiger partial charge on any atom is -0.354 e. The van der Waals surface area contributed by atoms with Gasteiger partial charge in [-0.3, -0.25) is 9.48 Å². The third kappa shape index (κ3) is 1.30. The molecule has 0 saturated heterocycles. The fourth-order valence-corrected chi connectivity index (χ4v) is 1.98. The van der Waals surface area contributed by atoms with E-state index in [0.717, 1.165) is 23.7 Å². The number of nitrogens with zero attached hydrogens (tertiary/aromatic N) is 2. The zero-order valence-corrected chi connectivity index (χ0v) is 9.10. The van der Waals surface area contributed by atoms with Gasteiger partial charge in [-0.25, -0.2) is 0 Å². The smallest absolute Gasteiger partial charge is 0.269 e. The predicted molar refractivity (Wildman–Crippen MR) is 61.4 cm³/mol. The summed E-state index contributed by atoms with van der Waals surface area (Å²) in [4.78, 5) is 11.9. The van der Waals surface area contributed by atoms with Crippen LogP contribution in [0.5, 0.6) is 0 Å². The van der Waals surface area contributed by atoms with Crippen LogP contribution >= 0.6 is 0 Å². The van der Waals surface area contributed by atoms with Crippen LogP contribution in [0.25, 0.3) is 10.9 Å². The molecule has 1 heterocycles. The molecule has 0 aliphatic heterocycles. The molecule has 0 radical (unpaired) electrons. The lowest BCUT2D eigenvalue weighted by atomic mass is 10.2. The van der Waals surface area contributed by atoms with Gasteiger partial charge in [-0.1, -0.05) is 18.2 Å². The molecule has 4 nitrogen and oxygen atoms in total. The van der Waals surface area contributed by atoms with E-state index in [9.17, 15) is 4.79 Å². The van der Waals surface area contributed by atoms with Crippen LogP contribution in [0.15, 0.2) is 24.3 Å². The van der Waals surface area contributed by atoms with Crippen LogP contribution in [0.4, 0.5) is 0 Å². The molecule has 0 unspecified atom stereocenters. The molecule has 4 heteroatoms. The first-order valence-corrected chi connectivity index (χ1v) is 5.50. The summed E-state index contributed by atoms with van der Waals surface area (Å²) >= 11 is 0. The minimum absolute atomic E-state index is 0.0550. The maximum Gasteiger partial charge on any atom is 0.269 e. The zero-order chi connectivity index (χ0) is 11.1. The van der Waals surface area contributed by atoms with E-state index >= 15 is 0 Å². The van der Waals surface area contributed by atoms with Crippen molar-refractivity contribution in [3.05, 3.63) is 30.0 Å². The Bertz CT molecular complexity index is 554. The van der Waals surface area contributed by atoms with Crippen molar-refractivity contribution in [2.45, 2.75) is 18.9 Å². The van der Waals surface area contributed by atoms with Gasteiger partial charge in [0.2, 0.25) is 0 Å². The molecule has 1 saturated carbocycles. The van der Waals surface area contributed by atoms with Crippen molar-refractivity contribution in [2.75, 3.05) is 7.05 Å². The van der Waals surface area contributed by atoms with Crippen LogP contribution in [0.3, 0.4) is 0 Å². The number of amides is 1. The maximum atomic E-state index is 11.9. The van der Waals surface area contributed by atoms with Gasteiger partial charge >= 0.3 is 0 Å². The van der Waals surface area contributed by atoms with Crippen molar-refractivity contribution in [1.82, 2.24) is 15.1 Å². The van der Waals surface area contributed by atoms with Crippen molar-refractivity contribution in [3.63, 3.8) is 0 Å².